The molecule has 0 spiro atoms. The highest BCUT2D eigenvalue weighted by Gasteiger charge is 2.06. The second kappa shape index (κ2) is 8.24. The Morgan fingerprint density at radius 3 is 2.09 bits per heavy atom. The van der Waals surface area contributed by atoms with E-state index in [1.807, 2.05) is 13.8 Å². The smallest absolute Gasteiger partial charge is 0.135 e. The van der Waals surface area contributed by atoms with E-state index in [9.17, 15) is 0 Å². The lowest BCUT2D eigenvalue weighted by atomic mass is 10.6. The van der Waals surface area contributed by atoms with Gasteiger partial charge in [0.2, 0.25) is 0 Å². The molecule has 1 radical (unpaired) electrons. The van der Waals surface area contributed by atoms with Gasteiger partial charge in [-0.05, 0) is 19.9 Å². The fraction of sp³-hybridized carbons (Fsp3) is 0.875. The van der Waals surface area contributed by atoms with Crippen molar-refractivity contribution in [2.75, 3.05) is 13.2 Å². The third-order valence-electron chi connectivity index (χ3n) is 1.35. The normalized spacial score (nSPS) is 12.0. The molecule has 2 nitrogen and oxygen atoms in total. The van der Waals surface area contributed by atoms with Crippen LogP contribution in [0.15, 0.2) is 0 Å². The van der Waals surface area contributed by atoms with Crippen molar-refractivity contribution >= 4 is 9.52 Å². The van der Waals surface area contributed by atoms with Crippen molar-refractivity contribution in [1.29, 1.82) is 0 Å². The lowest BCUT2D eigenvalue weighted by Gasteiger charge is -2.15. The molecular weight excluding hydrogens is 156 g/mol. The molecule has 0 bridgehead atoms. The van der Waals surface area contributed by atoms with E-state index >= 15 is 0 Å². The molecule has 0 aromatic rings. The number of hydrogen-bond acceptors (Lipinski definition) is 2. The number of hydrogen-bond donors (Lipinski definition) is 0. The van der Waals surface area contributed by atoms with Crippen LogP contribution in [0.3, 0.4) is 0 Å². The number of rotatable bonds is 7. The Bertz CT molecular complexity index is 72.5. The van der Waals surface area contributed by atoms with Crippen LogP contribution in [-0.2, 0) is 9.47 Å². The lowest BCUT2D eigenvalue weighted by molar-refractivity contribution is -0.0822. The first-order valence-corrected chi connectivity index (χ1v) is 6.03. The summed E-state index contributed by atoms with van der Waals surface area (Å²) in [6, 6.07) is 2.32. The molecule has 0 unspecified atom stereocenters. The predicted molar refractivity (Wildman–Crippen MR) is 50.2 cm³/mol. The fourth-order valence-electron chi connectivity index (χ4n) is 0.859. The predicted octanol–water partition coefficient (Wildman–Crippen LogP) is 1.08. The van der Waals surface area contributed by atoms with Gasteiger partial charge in [-0.25, -0.2) is 0 Å². The summed E-state index contributed by atoms with van der Waals surface area (Å²) in [6.07, 6.45) is 1.14. The summed E-state index contributed by atoms with van der Waals surface area (Å²) in [6.45, 7) is 7.69. The largest absolute Gasteiger partial charge is 0.357 e. The minimum absolute atomic E-state index is 0.116. The van der Waals surface area contributed by atoms with E-state index in [0.29, 0.717) is 0 Å². The molecular formula is C8H19O2Si. The van der Waals surface area contributed by atoms with E-state index in [1.165, 1.54) is 0 Å². The van der Waals surface area contributed by atoms with Crippen molar-refractivity contribution < 1.29 is 9.47 Å². The zero-order valence-electron chi connectivity index (χ0n) is 7.80. The van der Waals surface area contributed by atoms with E-state index in [2.05, 4.69) is 13.0 Å². The molecule has 0 amide bonds. The second-order valence-corrected chi connectivity index (χ2v) is 3.99. The van der Waals surface area contributed by atoms with Crippen LogP contribution in [0.4, 0.5) is 0 Å². The van der Waals surface area contributed by atoms with Gasteiger partial charge < -0.3 is 9.47 Å². The first-order valence-electron chi connectivity index (χ1n) is 4.39. The van der Waals surface area contributed by atoms with Gasteiger partial charge in [-0.1, -0.05) is 13.3 Å². The molecule has 11 heavy (non-hydrogen) atoms. The van der Waals surface area contributed by atoms with Gasteiger partial charge in [-0.15, -0.1) is 0 Å². The molecule has 0 aliphatic heterocycles. The Kier molecular flexibility index (Phi) is 8.34. The van der Waals surface area contributed by atoms with E-state index in [1.54, 1.807) is 0 Å². The molecule has 0 fully saturated rings. The summed E-state index contributed by atoms with van der Waals surface area (Å²) in [4.78, 5) is 0. The van der Waals surface area contributed by atoms with Crippen LogP contribution in [-0.4, -0.2) is 28.6 Å². The molecule has 0 N–H and O–H groups in total. The summed E-state index contributed by atoms with van der Waals surface area (Å²) in [7, 11) is -0.266. The lowest BCUT2D eigenvalue weighted by Crippen LogP contribution is -2.24. The highest BCUT2D eigenvalue weighted by molar-refractivity contribution is 6.41. The maximum atomic E-state index is 5.39. The van der Waals surface area contributed by atoms with Crippen LogP contribution in [0, 0.1) is 6.04 Å². The monoisotopic (exact) mass is 175 g/mol. The van der Waals surface area contributed by atoms with Crippen LogP contribution in [0.1, 0.15) is 27.2 Å². The maximum absolute atomic E-state index is 5.39. The van der Waals surface area contributed by atoms with Crippen molar-refractivity contribution in [3.05, 3.63) is 6.04 Å². The Hall–Kier alpha value is 0.137. The SMILES string of the molecule is CC[CH][SiH2]C(OCC)OCC. The molecule has 0 aliphatic rings. The standard InChI is InChI=1S/C8H19O2Si/c1-4-7-11-8(9-5-2)10-6-3/h7-8H,4-6,11H2,1-3H3. The first-order chi connectivity index (χ1) is 5.35. The highest BCUT2D eigenvalue weighted by atomic mass is 28.2. The minimum Gasteiger partial charge on any atom is -0.357 e. The summed E-state index contributed by atoms with van der Waals surface area (Å²) in [5.74, 6) is 0.116. The van der Waals surface area contributed by atoms with Crippen LogP contribution in [0.2, 0.25) is 0 Å². The quantitative estimate of drug-likeness (QED) is 0.426. The topological polar surface area (TPSA) is 18.5 Å². The molecule has 0 aliphatic carbocycles. The van der Waals surface area contributed by atoms with E-state index in [4.69, 9.17) is 9.47 Å². The van der Waals surface area contributed by atoms with Crippen molar-refractivity contribution in [2.45, 2.75) is 33.1 Å². The molecule has 0 saturated carbocycles. The Morgan fingerprint density at radius 1 is 1.18 bits per heavy atom. The first kappa shape index (κ1) is 11.1. The van der Waals surface area contributed by atoms with Crippen molar-refractivity contribution in [1.82, 2.24) is 0 Å². The maximum Gasteiger partial charge on any atom is 0.135 e. The molecule has 3 heteroatoms. The molecule has 67 valence electrons. The third kappa shape index (κ3) is 6.53. The van der Waals surface area contributed by atoms with E-state index in [0.717, 1.165) is 19.6 Å². The van der Waals surface area contributed by atoms with Gasteiger partial charge in [-0.2, -0.15) is 0 Å². The Labute approximate surface area is 72.1 Å². The van der Waals surface area contributed by atoms with Gasteiger partial charge >= 0.3 is 0 Å². The summed E-state index contributed by atoms with van der Waals surface area (Å²) in [5.41, 5.74) is 0. The molecule has 0 saturated heterocycles. The fourth-order valence-corrected chi connectivity index (χ4v) is 2.21. The van der Waals surface area contributed by atoms with Gasteiger partial charge in [0.15, 0.2) is 0 Å². The highest BCUT2D eigenvalue weighted by Crippen LogP contribution is 1.96. The van der Waals surface area contributed by atoms with Gasteiger partial charge in [-0.3, -0.25) is 0 Å². The molecule has 0 heterocycles. The van der Waals surface area contributed by atoms with Crippen molar-refractivity contribution in [3.8, 4) is 0 Å². The van der Waals surface area contributed by atoms with Crippen molar-refractivity contribution in [2.24, 2.45) is 0 Å². The summed E-state index contributed by atoms with van der Waals surface area (Å²) in [5, 5.41) is 0. The van der Waals surface area contributed by atoms with E-state index in [-0.39, 0.29) is 15.4 Å². The molecule has 0 atom stereocenters. The van der Waals surface area contributed by atoms with Gasteiger partial charge in [0.05, 0.1) is 9.52 Å². The summed E-state index contributed by atoms with van der Waals surface area (Å²) < 4.78 is 10.8. The Balaban J connectivity index is 3.34. The third-order valence-corrected chi connectivity index (χ3v) is 3.12. The van der Waals surface area contributed by atoms with Crippen LogP contribution in [0.25, 0.3) is 0 Å². The Morgan fingerprint density at radius 2 is 1.73 bits per heavy atom. The zero-order valence-corrected chi connectivity index (χ0v) is 9.21. The average Bonchev–Trinajstić information content (AvgIpc) is 2.01. The van der Waals surface area contributed by atoms with Crippen molar-refractivity contribution in [3.63, 3.8) is 0 Å². The van der Waals surface area contributed by atoms with Crippen LogP contribution in [0.5, 0.6) is 0 Å². The minimum atomic E-state index is -0.266. The molecule has 0 aromatic carbocycles. The van der Waals surface area contributed by atoms with Crippen LogP contribution >= 0.6 is 0 Å². The van der Waals surface area contributed by atoms with Crippen LogP contribution < -0.4 is 0 Å². The molecule has 0 rings (SSSR count). The number of ether oxygens (including phenoxy) is 2. The average molecular weight is 175 g/mol. The second-order valence-electron chi connectivity index (χ2n) is 2.27. The molecule has 0 aromatic heterocycles. The van der Waals surface area contributed by atoms with Gasteiger partial charge in [0, 0.05) is 13.2 Å². The summed E-state index contributed by atoms with van der Waals surface area (Å²) >= 11 is 0. The zero-order chi connectivity index (χ0) is 8.53. The van der Waals surface area contributed by atoms with Gasteiger partial charge in [0.25, 0.3) is 0 Å². The van der Waals surface area contributed by atoms with E-state index < -0.39 is 0 Å². The van der Waals surface area contributed by atoms with Gasteiger partial charge in [0.1, 0.15) is 5.91 Å².